The van der Waals surface area contributed by atoms with E-state index in [1.54, 1.807) is 12.4 Å². The van der Waals surface area contributed by atoms with Gasteiger partial charge in [-0.1, -0.05) is 90.1 Å². The van der Waals surface area contributed by atoms with Crippen LogP contribution in [0.1, 0.15) is 65.3 Å². The van der Waals surface area contributed by atoms with Gasteiger partial charge >= 0.3 is 23.8 Å². The number of imidazole rings is 2. The maximum absolute atomic E-state index is 11.9. The largest absolute Gasteiger partial charge is 0.474 e. The van der Waals surface area contributed by atoms with E-state index < -0.39 is 46.7 Å². The van der Waals surface area contributed by atoms with Crippen molar-refractivity contribution in [3.05, 3.63) is 72.6 Å². The second-order valence-corrected chi connectivity index (χ2v) is 12.7. The molecule has 0 aliphatic carbocycles. The molecular formula is C32H36N6O6. The number of H-pyrrole nitrogens is 2. The number of hydrogen-bond donors (Lipinski definition) is 6. The first-order valence-electron chi connectivity index (χ1n) is 13.9. The molecule has 0 fully saturated rings. The summed E-state index contributed by atoms with van der Waals surface area (Å²) in [6.07, 6.45) is 3.31. The minimum Gasteiger partial charge on any atom is -0.474 e. The number of nitrogens with zero attached hydrogens (tertiary/aromatic N) is 2. The van der Waals surface area contributed by atoms with E-state index in [-0.39, 0.29) is 0 Å². The zero-order valence-electron chi connectivity index (χ0n) is 25.4. The van der Waals surface area contributed by atoms with E-state index >= 15 is 0 Å². The first-order chi connectivity index (χ1) is 20.5. The van der Waals surface area contributed by atoms with Crippen LogP contribution in [0.2, 0.25) is 0 Å². The minimum atomic E-state index is -1.55. The van der Waals surface area contributed by atoms with Crippen molar-refractivity contribution in [1.29, 1.82) is 0 Å². The fraction of sp³-hybridized carbons (Fsp3) is 0.312. The topological polar surface area (TPSA) is 190 Å². The summed E-state index contributed by atoms with van der Waals surface area (Å²) >= 11 is 0. The molecular weight excluding hydrogens is 564 g/mol. The molecule has 2 aromatic carbocycles. The molecule has 12 heteroatoms. The van der Waals surface area contributed by atoms with Crippen LogP contribution in [0.5, 0.6) is 0 Å². The van der Waals surface area contributed by atoms with Gasteiger partial charge in [-0.05, 0) is 33.1 Å². The molecule has 0 aliphatic heterocycles. The van der Waals surface area contributed by atoms with Crippen molar-refractivity contribution < 1.29 is 29.4 Å². The summed E-state index contributed by atoms with van der Waals surface area (Å²) in [5.74, 6) is -4.38. The lowest BCUT2D eigenvalue weighted by Gasteiger charge is -2.29. The van der Waals surface area contributed by atoms with Crippen LogP contribution in [0.3, 0.4) is 0 Å². The second kappa shape index (κ2) is 12.2. The summed E-state index contributed by atoms with van der Waals surface area (Å²) < 4.78 is 0. The highest BCUT2D eigenvalue weighted by atomic mass is 16.4. The van der Waals surface area contributed by atoms with Crippen LogP contribution in [-0.4, -0.2) is 53.9 Å². The number of rotatable bonds is 7. The SMILES string of the molecule is CC(C)(C)[C@H](NC(=O)C(=O)O)c1ncc(-c2ccc(-c3ccc(-c4cnc([C@@H](NC(=O)C(=O)O)C(C)(C)C)[nH]4)cc3)cc2)[nH]1. The molecule has 2 heterocycles. The number of aliphatic carboxylic acids is 2. The highest BCUT2D eigenvalue weighted by molar-refractivity contribution is 6.32. The van der Waals surface area contributed by atoms with Crippen LogP contribution in [0, 0.1) is 10.8 Å². The lowest BCUT2D eigenvalue weighted by molar-refractivity contribution is -0.151. The van der Waals surface area contributed by atoms with Crippen molar-refractivity contribution in [2.45, 2.75) is 53.6 Å². The molecule has 44 heavy (non-hydrogen) atoms. The Hall–Kier alpha value is -5.26. The van der Waals surface area contributed by atoms with E-state index in [1.165, 1.54) is 0 Å². The van der Waals surface area contributed by atoms with Gasteiger partial charge in [-0.2, -0.15) is 0 Å². The molecule has 0 saturated carbocycles. The maximum atomic E-state index is 11.9. The van der Waals surface area contributed by atoms with Crippen LogP contribution >= 0.6 is 0 Å². The Morgan fingerprint density at radius 3 is 1.16 bits per heavy atom. The summed E-state index contributed by atoms with van der Waals surface area (Å²) in [7, 11) is 0. The number of aromatic nitrogens is 4. The third-order valence-corrected chi connectivity index (χ3v) is 7.13. The van der Waals surface area contributed by atoms with E-state index in [2.05, 4.69) is 30.6 Å². The van der Waals surface area contributed by atoms with E-state index in [4.69, 9.17) is 10.2 Å². The number of carbonyl (C=O) groups excluding carboxylic acids is 2. The number of amides is 2. The van der Waals surface area contributed by atoms with Crippen LogP contribution in [0.25, 0.3) is 33.6 Å². The molecule has 2 amide bonds. The molecule has 0 unspecified atom stereocenters. The Kier molecular flexibility index (Phi) is 8.75. The molecule has 0 bridgehead atoms. The Labute approximate surface area is 254 Å². The van der Waals surface area contributed by atoms with Gasteiger partial charge < -0.3 is 30.8 Å². The Balaban J connectivity index is 1.50. The van der Waals surface area contributed by atoms with Gasteiger partial charge in [-0.3, -0.25) is 9.59 Å². The predicted octanol–water partition coefficient (Wildman–Crippen LogP) is 4.71. The van der Waals surface area contributed by atoms with Gasteiger partial charge in [0.15, 0.2) is 0 Å². The maximum Gasteiger partial charge on any atom is 0.394 e. The van der Waals surface area contributed by atoms with E-state index in [1.807, 2.05) is 90.1 Å². The molecule has 2 atom stereocenters. The monoisotopic (exact) mass is 600 g/mol. The third-order valence-electron chi connectivity index (χ3n) is 7.13. The molecule has 4 rings (SSSR count). The number of carboxylic acid groups (broad SMARTS) is 2. The lowest BCUT2D eigenvalue weighted by atomic mass is 9.86. The van der Waals surface area contributed by atoms with Crippen LogP contribution in [0.15, 0.2) is 60.9 Å². The van der Waals surface area contributed by atoms with Gasteiger partial charge in [0.05, 0.1) is 35.9 Å². The first kappa shape index (κ1) is 31.7. The number of carboxylic acids is 2. The quantitative estimate of drug-likeness (QED) is 0.164. The smallest absolute Gasteiger partial charge is 0.394 e. The summed E-state index contributed by atoms with van der Waals surface area (Å²) in [5, 5.41) is 23.1. The van der Waals surface area contributed by atoms with Gasteiger partial charge in [-0.25, -0.2) is 19.6 Å². The molecule has 0 radical (unpaired) electrons. The summed E-state index contributed by atoms with van der Waals surface area (Å²) in [6, 6.07) is 14.4. The molecule has 2 aromatic heterocycles. The first-order valence-corrected chi connectivity index (χ1v) is 13.9. The molecule has 4 aromatic rings. The van der Waals surface area contributed by atoms with Gasteiger partial charge in [-0.15, -0.1) is 0 Å². The van der Waals surface area contributed by atoms with Crippen LogP contribution in [-0.2, 0) is 19.2 Å². The van der Waals surface area contributed by atoms with Crippen molar-refractivity contribution in [2.24, 2.45) is 10.8 Å². The van der Waals surface area contributed by atoms with E-state index in [9.17, 15) is 19.2 Å². The Morgan fingerprint density at radius 1 is 0.591 bits per heavy atom. The summed E-state index contributed by atoms with van der Waals surface area (Å²) in [5.41, 5.74) is 4.18. The lowest BCUT2D eigenvalue weighted by Crippen LogP contribution is -2.40. The van der Waals surface area contributed by atoms with Crippen LogP contribution in [0.4, 0.5) is 0 Å². The van der Waals surface area contributed by atoms with Gasteiger partial charge in [0.2, 0.25) is 0 Å². The fourth-order valence-corrected chi connectivity index (χ4v) is 4.72. The Bertz CT molecular complexity index is 1550. The molecule has 12 nitrogen and oxygen atoms in total. The normalized spacial score (nSPS) is 13.1. The standard InChI is InChI=1S/C32H36N6O6/c1-31(2,3)23(37-27(39)29(41)42)25-33-15-21(35-25)19-11-7-17(8-12-19)18-9-13-20(14-10-18)22-16-34-26(36-22)24(32(4,5)6)38-28(40)30(43)44/h7-16,23-24H,1-6H3,(H,33,35)(H,34,36)(H,37,39)(H,38,40)(H,41,42)(H,43,44)/t23-,24-/m1/s1. The Morgan fingerprint density at radius 2 is 0.886 bits per heavy atom. The molecule has 0 saturated heterocycles. The van der Waals surface area contributed by atoms with Crippen molar-refractivity contribution in [2.75, 3.05) is 0 Å². The highest BCUT2D eigenvalue weighted by Gasteiger charge is 2.33. The zero-order chi connectivity index (χ0) is 32.4. The van der Waals surface area contributed by atoms with Crippen LogP contribution < -0.4 is 10.6 Å². The van der Waals surface area contributed by atoms with Crippen molar-refractivity contribution in [3.63, 3.8) is 0 Å². The zero-order valence-corrected chi connectivity index (χ0v) is 25.4. The molecule has 6 N–H and O–H groups in total. The van der Waals surface area contributed by atoms with Gasteiger partial charge in [0.1, 0.15) is 11.6 Å². The van der Waals surface area contributed by atoms with Crippen molar-refractivity contribution >= 4 is 23.8 Å². The number of aromatic amines is 2. The fourth-order valence-electron chi connectivity index (χ4n) is 4.72. The van der Waals surface area contributed by atoms with E-state index in [0.717, 1.165) is 33.6 Å². The molecule has 0 aliphatic rings. The van der Waals surface area contributed by atoms with Gasteiger partial charge in [0, 0.05) is 0 Å². The average molecular weight is 601 g/mol. The van der Waals surface area contributed by atoms with E-state index in [0.29, 0.717) is 11.6 Å². The number of benzene rings is 2. The van der Waals surface area contributed by atoms with Gasteiger partial charge in [0.25, 0.3) is 0 Å². The number of nitrogens with one attached hydrogen (secondary N) is 4. The average Bonchev–Trinajstić information content (AvgIpc) is 3.64. The number of carbonyl (C=O) groups is 4. The van der Waals surface area contributed by atoms with Crippen molar-refractivity contribution in [1.82, 2.24) is 30.6 Å². The summed E-state index contributed by atoms with van der Waals surface area (Å²) in [6.45, 7) is 11.3. The summed E-state index contributed by atoms with van der Waals surface area (Å²) in [4.78, 5) is 61.2. The second-order valence-electron chi connectivity index (χ2n) is 12.7. The molecule has 230 valence electrons. The highest BCUT2D eigenvalue weighted by Crippen LogP contribution is 2.34. The molecule has 0 spiro atoms. The minimum absolute atomic E-state index is 0.460. The number of hydrogen-bond acceptors (Lipinski definition) is 6. The van der Waals surface area contributed by atoms with Crippen molar-refractivity contribution in [3.8, 4) is 33.6 Å². The predicted molar refractivity (Wildman–Crippen MR) is 163 cm³/mol. The third kappa shape index (κ3) is 7.20.